The summed E-state index contributed by atoms with van der Waals surface area (Å²) in [7, 11) is 0. The number of carbonyl (C=O) groups excluding carboxylic acids is 2. The summed E-state index contributed by atoms with van der Waals surface area (Å²) in [6.07, 6.45) is 3.87. The van der Waals surface area contributed by atoms with E-state index in [4.69, 9.17) is 0 Å². The van der Waals surface area contributed by atoms with Gasteiger partial charge in [-0.2, -0.15) is 10.4 Å². The highest BCUT2D eigenvalue weighted by atomic mass is 19.1. The lowest BCUT2D eigenvalue weighted by atomic mass is 10.0. The quantitative estimate of drug-likeness (QED) is 0.558. The molecule has 1 atom stereocenters. The summed E-state index contributed by atoms with van der Waals surface area (Å²) in [6, 6.07) is 9.54. The number of aliphatic hydroxyl groups is 1. The van der Waals surface area contributed by atoms with Crippen LogP contribution in [0.3, 0.4) is 0 Å². The molecule has 0 spiro atoms. The zero-order valence-corrected chi connectivity index (χ0v) is 19.9. The summed E-state index contributed by atoms with van der Waals surface area (Å²) >= 11 is 0. The van der Waals surface area contributed by atoms with E-state index in [9.17, 15) is 24.3 Å². The Morgan fingerprint density at radius 1 is 1.19 bits per heavy atom. The third kappa shape index (κ3) is 3.81. The summed E-state index contributed by atoms with van der Waals surface area (Å²) in [5, 5.41) is 28.0. The number of halogens is 1. The minimum Gasteiger partial charge on any atom is -0.378 e. The number of amides is 2. The first-order valence-electron chi connectivity index (χ1n) is 12.2. The fourth-order valence-electron chi connectivity index (χ4n) is 5.39. The highest BCUT2D eigenvalue weighted by Crippen LogP contribution is 2.33. The Balaban J connectivity index is 1.35. The van der Waals surface area contributed by atoms with Gasteiger partial charge in [0.1, 0.15) is 5.82 Å². The molecule has 0 aliphatic carbocycles. The molecule has 2 fully saturated rings. The Morgan fingerprint density at radius 3 is 2.78 bits per heavy atom. The van der Waals surface area contributed by atoms with Crippen molar-refractivity contribution in [2.75, 3.05) is 31.1 Å². The smallest absolute Gasteiger partial charge is 0.256 e. The molecule has 1 aromatic carbocycles. The van der Waals surface area contributed by atoms with Gasteiger partial charge < -0.3 is 20.2 Å². The number of aromatic nitrogens is 3. The van der Waals surface area contributed by atoms with Gasteiger partial charge in [-0.1, -0.05) is 6.07 Å². The Kier molecular flexibility index (Phi) is 5.42. The minimum atomic E-state index is -1.46. The van der Waals surface area contributed by atoms with Crippen molar-refractivity contribution in [1.82, 2.24) is 25.0 Å². The molecule has 10 nitrogen and oxygen atoms in total. The topological polar surface area (TPSA) is 127 Å². The number of hydrogen-bond donors (Lipinski definition) is 2. The number of likely N-dealkylation sites (tertiary alicyclic amines) is 1. The van der Waals surface area contributed by atoms with Crippen LogP contribution in [-0.2, 0) is 11.3 Å². The Morgan fingerprint density at radius 2 is 2.00 bits per heavy atom. The van der Waals surface area contributed by atoms with Crippen LogP contribution in [0.4, 0.5) is 10.2 Å². The molecule has 3 aromatic rings. The summed E-state index contributed by atoms with van der Waals surface area (Å²) in [4.78, 5) is 33.6. The molecule has 2 amide bonds. The van der Waals surface area contributed by atoms with Gasteiger partial charge in [-0.15, -0.1) is 0 Å². The van der Waals surface area contributed by atoms with E-state index < -0.39 is 11.4 Å². The number of carbonyl (C=O) groups is 2. The molecule has 0 saturated carbocycles. The molecule has 1 unspecified atom stereocenters. The van der Waals surface area contributed by atoms with Crippen molar-refractivity contribution >= 4 is 17.6 Å². The Hall–Kier alpha value is -4.30. The van der Waals surface area contributed by atoms with Gasteiger partial charge >= 0.3 is 0 Å². The highest BCUT2D eigenvalue weighted by Gasteiger charge is 2.46. The SMILES string of the molecule is N#Cc1cccc(F)c1-c1cc(-n2ccc(N3CCC(O)(C(=O)N4CCCC4)C3)n2)c2c(n1)CNC2=O. The number of rotatable bonds is 4. The van der Waals surface area contributed by atoms with E-state index in [1.54, 1.807) is 23.2 Å². The van der Waals surface area contributed by atoms with Crippen LogP contribution in [0.5, 0.6) is 0 Å². The fraction of sp³-hybridized carbons (Fsp3) is 0.346. The van der Waals surface area contributed by atoms with Crippen molar-refractivity contribution in [3.63, 3.8) is 0 Å². The average Bonchev–Trinajstić information content (AvgIpc) is 3.70. The monoisotopic (exact) mass is 501 g/mol. The number of anilines is 1. The van der Waals surface area contributed by atoms with Crippen LogP contribution in [0.1, 0.15) is 40.9 Å². The first kappa shape index (κ1) is 23.1. The normalized spacial score (nSPS) is 20.7. The maximum Gasteiger partial charge on any atom is 0.256 e. The van der Waals surface area contributed by atoms with E-state index in [2.05, 4.69) is 15.4 Å². The standard InChI is InChI=1S/C26H24FN7O3/c27-17-5-3-4-16(13-28)22(17)18-12-20(23-19(30-18)14-29-24(23)35)34-10-6-21(31-34)33-11-7-26(37,15-33)25(36)32-8-1-2-9-32/h3-6,10,12,37H,1-2,7-9,11,14-15H2,(H,29,35). The number of nitrogens with zero attached hydrogens (tertiary/aromatic N) is 6. The second-order valence-corrected chi connectivity index (χ2v) is 9.63. The first-order chi connectivity index (χ1) is 17.9. The van der Waals surface area contributed by atoms with E-state index in [1.165, 1.54) is 22.9 Å². The Bertz CT molecular complexity index is 1470. The van der Waals surface area contributed by atoms with Crippen molar-refractivity contribution in [2.24, 2.45) is 0 Å². The minimum absolute atomic E-state index is 0.0609. The number of fused-ring (bicyclic) bond motifs is 1. The number of β-amino-alcohol motifs (C(OH)–C–C–N with tert-alkyl or cyclic N) is 1. The highest BCUT2D eigenvalue weighted by molar-refractivity contribution is 6.01. The number of nitriles is 1. The van der Waals surface area contributed by atoms with Crippen molar-refractivity contribution in [1.29, 1.82) is 5.26 Å². The molecule has 2 N–H and O–H groups in total. The molecule has 11 heteroatoms. The molecule has 3 aliphatic rings. The summed E-state index contributed by atoms with van der Waals surface area (Å²) in [5.41, 5.74) is 0.127. The predicted molar refractivity (Wildman–Crippen MR) is 130 cm³/mol. The Labute approximate surface area is 211 Å². The van der Waals surface area contributed by atoms with E-state index in [-0.39, 0.29) is 41.7 Å². The van der Waals surface area contributed by atoms with Crippen molar-refractivity contribution in [3.8, 4) is 23.0 Å². The lowest BCUT2D eigenvalue weighted by Gasteiger charge is -2.27. The molecule has 6 rings (SSSR count). The van der Waals surface area contributed by atoms with Crippen LogP contribution in [0.25, 0.3) is 16.9 Å². The van der Waals surface area contributed by atoms with Gasteiger partial charge in [-0.3, -0.25) is 9.59 Å². The third-order valence-electron chi connectivity index (χ3n) is 7.29. The van der Waals surface area contributed by atoms with Crippen LogP contribution < -0.4 is 10.2 Å². The molecule has 2 saturated heterocycles. The molecular weight excluding hydrogens is 477 g/mol. The number of benzene rings is 1. The van der Waals surface area contributed by atoms with Gasteiger partial charge in [0.2, 0.25) is 0 Å². The largest absolute Gasteiger partial charge is 0.378 e. The molecule has 0 radical (unpaired) electrons. The van der Waals surface area contributed by atoms with Crippen molar-refractivity contribution in [3.05, 3.63) is 59.2 Å². The molecule has 0 bridgehead atoms. The van der Waals surface area contributed by atoms with Gasteiger partial charge in [-0.25, -0.2) is 14.1 Å². The van der Waals surface area contributed by atoms with E-state index in [0.717, 1.165) is 12.8 Å². The van der Waals surface area contributed by atoms with Crippen LogP contribution >= 0.6 is 0 Å². The van der Waals surface area contributed by atoms with Crippen LogP contribution in [0.15, 0.2) is 36.5 Å². The van der Waals surface area contributed by atoms with Crippen LogP contribution in [0.2, 0.25) is 0 Å². The molecular formula is C26H24FN7O3. The molecule has 2 aromatic heterocycles. The molecule has 3 aliphatic heterocycles. The predicted octanol–water partition coefficient (Wildman–Crippen LogP) is 1.75. The third-order valence-corrected chi connectivity index (χ3v) is 7.29. The molecule has 5 heterocycles. The summed E-state index contributed by atoms with van der Waals surface area (Å²) in [6.45, 7) is 2.09. The van der Waals surface area contributed by atoms with Gasteiger partial charge in [0.25, 0.3) is 11.8 Å². The number of pyridine rings is 1. The zero-order chi connectivity index (χ0) is 25.7. The van der Waals surface area contributed by atoms with Crippen molar-refractivity contribution < 1.29 is 19.1 Å². The van der Waals surface area contributed by atoms with Crippen molar-refractivity contribution in [2.45, 2.75) is 31.4 Å². The van der Waals surface area contributed by atoms with Crippen LogP contribution in [-0.4, -0.2) is 68.4 Å². The van der Waals surface area contributed by atoms with Gasteiger partial charge in [0, 0.05) is 38.3 Å². The van der Waals surface area contributed by atoms with Gasteiger partial charge in [-0.05, 0) is 31.0 Å². The average molecular weight is 502 g/mol. The lowest BCUT2D eigenvalue weighted by Crippen LogP contribution is -2.49. The lowest BCUT2D eigenvalue weighted by molar-refractivity contribution is -0.147. The summed E-state index contributed by atoms with van der Waals surface area (Å²) in [5.74, 6) is -0.602. The molecule has 188 valence electrons. The van der Waals surface area contributed by atoms with Gasteiger partial charge in [0.15, 0.2) is 11.4 Å². The van der Waals surface area contributed by atoms with Crippen LogP contribution in [0, 0.1) is 17.1 Å². The summed E-state index contributed by atoms with van der Waals surface area (Å²) < 4.78 is 16.3. The fourth-order valence-corrected chi connectivity index (χ4v) is 5.39. The first-order valence-corrected chi connectivity index (χ1v) is 12.2. The van der Waals surface area contributed by atoms with E-state index >= 15 is 0 Å². The van der Waals surface area contributed by atoms with E-state index in [0.29, 0.717) is 48.8 Å². The number of nitrogens with one attached hydrogen (secondary N) is 1. The second kappa shape index (κ2) is 8.67. The van der Waals surface area contributed by atoms with Gasteiger partial charge in [0.05, 0.1) is 52.9 Å². The maximum atomic E-state index is 14.8. The second-order valence-electron chi connectivity index (χ2n) is 9.63. The zero-order valence-electron chi connectivity index (χ0n) is 19.9. The maximum absolute atomic E-state index is 14.8. The molecule has 37 heavy (non-hydrogen) atoms. The number of hydrogen-bond acceptors (Lipinski definition) is 7. The van der Waals surface area contributed by atoms with E-state index in [1.807, 2.05) is 11.0 Å².